The molecule has 1 aliphatic rings. The van der Waals surface area contributed by atoms with Gasteiger partial charge in [-0.1, -0.05) is 44.2 Å². The third-order valence-electron chi connectivity index (χ3n) is 4.18. The summed E-state index contributed by atoms with van der Waals surface area (Å²) in [4.78, 5) is 7.03. The van der Waals surface area contributed by atoms with Crippen molar-refractivity contribution in [3.05, 3.63) is 53.7 Å². The minimum absolute atomic E-state index is 0.324. The van der Waals surface area contributed by atoms with Crippen LogP contribution in [0.15, 0.2) is 41.0 Å². The highest BCUT2D eigenvalue weighted by Gasteiger charge is 2.20. The molecule has 1 aliphatic heterocycles. The van der Waals surface area contributed by atoms with Crippen LogP contribution in [0.4, 0.5) is 0 Å². The van der Waals surface area contributed by atoms with E-state index in [0.717, 1.165) is 44.2 Å². The van der Waals surface area contributed by atoms with Crippen molar-refractivity contribution in [2.24, 2.45) is 0 Å². The molecule has 124 valence electrons. The predicted molar refractivity (Wildman–Crippen MR) is 90.1 cm³/mol. The number of rotatable bonds is 7. The van der Waals surface area contributed by atoms with E-state index in [9.17, 15) is 0 Å². The summed E-state index contributed by atoms with van der Waals surface area (Å²) in [7, 11) is 0. The molecule has 1 aromatic heterocycles. The van der Waals surface area contributed by atoms with Gasteiger partial charge in [0.2, 0.25) is 0 Å². The molecule has 0 saturated carbocycles. The molecule has 3 rings (SSSR count). The molecule has 4 heteroatoms. The number of hydrogen-bond donors (Lipinski definition) is 0. The summed E-state index contributed by atoms with van der Waals surface area (Å²) in [5.41, 5.74) is 2.32. The van der Waals surface area contributed by atoms with Crippen LogP contribution >= 0.6 is 0 Å². The molecule has 0 bridgehead atoms. The zero-order chi connectivity index (χ0) is 16.1. The summed E-state index contributed by atoms with van der Waals surface area (Å²) >= 11 is 0. The molecule has 1 aromatic carbocycles. The van der Waals surface area contributed by atoms with E-state index in [2.05, 4.69) is 54.1 Å². The van der Waals surface area contributed by atoms with E-state index in [1.165, 1.54) is 12.0 Å². The first kappa shape index (κ1) is 16.2. The van der Waals surface area contributed by atoms with Gasteiger partial charge in [0.1, 0.15) is 6.26 Å². The van der Waals surface area contributed by atoms with Gasteiger partial charge in [-0.25, -0.2) is 4.98 Å². The summed E-state index contributed by atoms with van der Waals surface area (Å²) in [6.45, 7) is 7.74. The molecule has 0 amide bonds. The molecular weight excluding hydrogens is 288 g/mol. The number of oxazole rings is 1. The lowest BCUT2D eigenvalue weighted by Crippen LogP contribution is -2.31. The Morgan fingerprint density at radius 1 is 1.22 bits per heavy atom. The lowest BCUT2D eigenvalue weighted by atomic mass is 10.1. The zero-order valence-electron chi connectivity index (χ0n) is 14.1. The van der Waals surface area contributed by atoms with Gasteiger partial charge >= 0.3 is 0 Å². The number of hydrogen-bond acceptors (Lipinski definition) is 4. The van der Waals surface area contributed by atoms with Crippen molar-refractivity contribution in [3.63, 3.8) is 0 Å². The quantitative estimate of drug-likeness (QED) is 0.775. The first-order chi connectivity index (χ1) is 11.2. The first-order valence-electron chi connectivity index (χ1n) is 8.53. The van der Waals surface area contributed by atoms with E-state index in [-0.39, 0.29) is 0 Å². The van der Waals surface area contributed by atoms with Gasteiger partial charge in [0.15, 0.2) is 5.89 Å². The van der Waals surface area contributed by atoms with Crippen molar-refractivity contribution in [1.29, 1.82) is 0 Å². The maximum Gasteiger partial charge on any atom is 0.196 e. The van der Waals surface area contributed by atoms with E-state index in [4.69, 9.17) is 9.15 Å². The zero-order valence-corrected chi connectivity index (χ0v) is 14.1. The van der Waals surface area contributed by atoms with Crippen molar-refractivity contribution in [3.8, 4) is 0 Å². The Balaban J connectivity index is 1.68. The smallest absolute Gasteiger partial charge is 0.196 e. The highest BCUT2D eigenvalue weighted by atomic mass is 16.5. The standard InChI is InChI=1S/C19H26N2O2/c1-15(2)19-20-17(14-23-19)12-21(13-18-9-6-10-22-18)11-16-7-4-3-5-8-16/h3-5,7-8,14-15,18H,6,9-13H2,1-2H3. The summed E-state index contributed by atoms with van der Waals surface area (Å²) in [5.74, 6) is 1.14. The van der Waals surface area contributed by atoms with Gasteiger partial charge < -0.3 is 9.15 Å². The van der Waals surface area contributed by atoms with Crippen molar-refractivity contribution < 1.29 is 9.15 Å². The molecule has 0 radical (unpaired) electrons. The molecule has 0 N–H and O–H groups in total. The van der Waals surface area contributed by atoms with Gasteiger partial charge in [-0.15, -0.1) is 0 Å². The second-order valence-corrected chi connectivity index (χ2v) is 6.62. The van der Waals surface area contributed by atoms with Gasteiger partial charge in [0, 0.05) is 32.2 Å². The van der Waals surface area contributed by atoms with Crippen LogP contribution in [0.1, 0.15) is 49.8 Å². The molecular formula is C19H26N2O2. The number of nitrogens with zero attached hydrogens (tertiary/aromatic N) is 2. The van der Waals surface area contributed by atoms with Crippen LogP contribution in [0.2, 0.25) is 0 Å². The number of ether oxygens (including phenoxy) is 1. The lowest BCUT2D eigenvalue weighted by molar-refractivity contribution is 0.0674. The van der Waals surface area contributed by atoms with Crippen LogP contribution in [0.25, 0.3) is 0 Å². The van der Waals surface area contributed by atoms with E-state index >= 15 is 0 Å². The van der Waals surface area contributed by atoms with Crippen LogP contribution in [0.5, 0.6) is 0 Å². The molecule has 1 saturated heterocycles. The fourth-order valence-electron chi connectivity index (χ4n) is 2.99. The third kappa shape index (κ3) is 4.66. The second kappa shape index (κ2) is 7.75. The average molecular weight is 314 g/mol. The molecule has 1 unspecified atom stereocenters. The summed E-state index contributed by atoms with van der Waals surface area (Å²) in [6.07, 6.45) is 4.46. The third-order valence-corrected chi connectivity index (χ3v) is 4.18. The molecule has 0 spiro atoms. The molecule has 4 nitrogen and oxygen atoms in total. The lowest BCUT2D eigenvalue weighted by Gasteiger charge is -2.24. The first-order valence-corrected chi connectivity index (χ1v) is 8.53. The SMILES string of the molecule is CC(C)c1nc(CN(Cc2ccccc2)CC2CCCO2)co1. The summed E-state index contributed by atoms with van der Waals surface area (Å²) < 4.78 is 11.4. The fourth-order valence-corrected chi connectivity index (χ4v) is 2.99. The predicted octanol–water partition coefficient (Wildman–Crippen LogP) is 3.98. The van der Waals surface area contributed by atoms with Gasteiger partial charge in [-0.05, 0) is 18.4 Å². The Kier molecular flexibility index (Phi) is 5.47. The Labute approximate surface area is 138 Å². The van der Waals surface area contributed by atoms with Crippen LogP contribution < -0.4 is 0 Å². The van der Waals surface area contributed by atoms with Crippen LogP contribution in [-0.4, -0.2) is 29.1 Å². The Hall–Kier alpha value is -1.65. The molecule has 2 heterocycles. The maximum atomic E-state index is 5.82. The van der Waals surface area contributed by atoms with E-state index in [0.29, 0.717) is 12.0 Å². The van der Waals surface area contributed by atoms with Gasteiger partial charge in [0.25, 0.3) is 0 Å². The van der Waals surface area contributed by atoms with E-state index in [1.807, 2.05) is 0 Å². The molecule has 1 atom stereocenters. The molecule has 0 aliphatic carbocycles. The monoisotopic (exact) mass is 314 g/mol. The van der Waals surface area contributed by atoms with E-state index < -0.39 is 0 Å². The fraction of sp³-hybridized carbons (Fsp3) is 0.526. The average Bonchev–Trinajstić information content (AvgIpc) is 3.20. The van der Waals surface area contributed by atoms with Crippen LogP contribution in [-0.2, 0) is 17.8 Å². The Bertz CT molecular complexity index is 588. The summed E-state index contributed by atoms with van der Waals surface area (Å²) in [5, 5.41) is 0. The molecule has 2 aromatic rings. The maximum absolute atomic E-state index is 5.82. The topological polar surface area (TPSA) is 38.5 Å². The number of benzene rings is 1. The highest BCUT2D eigenvalue weighted by Crippen LogP contribution is 2.19. The van der Waals surface area contributed by atoms with Crippen molar-refractivity contribution in [2.45, 2.75) is 51.8 Å². The Morgan fingerprint density at radius 2 is 2.04 bits per heavy atom. The van der Waals surface area contributed by atoms with Crippen molar-refractivity contribution >= 4 is 0 Å². The van der Waals surface area contributed by atoms with Crippen LogP contribution in [0.3, 0.4) is 0 Å². The Morgan fingerprint density at radius 3 is 2.70 bits per heavy atom. The molecule has 23 heavy (non-hydrogen) atoms. The highest BCUT2D eigenvalue weighted by molar-refractivity contribution is 5.14. The molecule has 1 fully saturated rings. The minimum atomic E-state index is 0.324. The van der Waals surface area contributed by atoms with Crippen LogP contribution in [0, 0.1) is 0 Å². The van der Waals surface area contributed by atoms with Crippen molar-refractivity contribution in [2.75, 3.05) is 13.2 Å². The van der Waals surface area contributed by atoms with Gasteiger partial charge in [-0.3, -0.25) is 4.90 Å². The largest absolute Gasteiger partial charge is 0.448 e. The summed E-state index contributed by atoms with van der Waals surface area (Å²) in [6, 6.07) is 10.6. The van der Waals surface area contributed by atoms with Crippen molar-refractivity contribution in [1.82, 2.24) is 9.88 Å². The number of aromatic nitrogens is 1. The minimum Gasteiger partial charge on any atom is -0.448 e. The second-order valence-electron chi connectivity index (χ2n) is 6.62. The normalized spacial score (nSPS) is 18.2. The van der Waals surface area contributed by atoms with E-state index in [1.54, 1.807) is 6.26 Å². The van der Waals surface area contributed by atoms with Gasteiger partial charge in [-0.2, -0.15) is 0 Å². The van der Waals surface area contributed by atoms with Gasteiger partial charge in [0.05, 0.1) is 11.8 Å².